The van der Waals surface area contributed by atoms with Crippen molar-refractivity contribution in [2.75, 3.05) is 39.6 Å². The van der Waals surface area contributed by atoms with Crippen LogP contribution in [-0.4, -0.2) is 57.3 Å². The molecule has 0 aromatic carbocycles. The number of rotatable bonds is 30. The lowest BCUT2D eigenvalue weighted by Crippen LogP contribution is -2.71. The lowest BCUT2D eigenvalue weighted by molar-refractivity contribution is -0.00585. The van der Waals surface area contributed by atoms with E-state index in [1.165, 1.54) is 0 Å². The molecule has 0 bridgehead atoms. The van der Waals surface area contributed by atoms with E-state index in [0.29, 0.717) is 39.6 Å². The Bertz CT molecular complexity index is 438. The Morgan fingerprint density at radius 1 is 0.333 bits per heavy atom. The fourth-order valence-electron chi connectivity index (χ4n) is 4.96. The van der Waals surface area contributed by atoms with Crippen molar-refractivity contribution in [2.24, 2.45) is 0 Å². The summed E-state index contributed by atoms with van der Waals surface area (Å²) < 4.78 is 41.8. The second-order valence-corrected chi connectivity index (χ2v) is 17.3. The summed E-state index contributed by atoms with van der Waals surface area (Å²) in [5.41, 5.74) is 0. The molecule has 0 aliphatic rings. The van der Waals surface area contributed by atoms with Gasteiger partial charge in [-0.1, -0.05) is 107 Å². The predicted molar refractivity (Wildman–Crippen MR) is 169 cm³/mol. The first kappa shape index (κ1) is 39.2. The van der Waals surface area contributed by atoms with Gasteiger partial charge in [0.05, 0.1) is 0 Å². The van der Waals surface area contributed by atoms with Crippen LogP contribution in [0.25, 0.3) is 0 Å². The van der Waals surface area contributed by atoms with Crippen LogP contribution in [0.4, 0.5) is 0 Å². The SMILES string of the molecule is CCCCO[Si](OCCCC)(OCCCC)C(CCC)(CCC)[Si](OCCCC)(OCCCC)OCCCC. The highest BCUT2D eigenvalue weighted by Crippen LogP contribution is 2.57. The van der Waals surface area contributed by atoms with Crippen molar-refractivity contribution in [3.8, 4) is 0 Å². The van der Waals surface area contributed by atoms with Gasteiger partial charge < -0.3 is 26.6 Å². The average molecular weight is 593 g/mol. The number of hydrogen-bond donors (Lipinski definition) is 0. The Hall–Kier alpha value is 0.194. The predicted octanol–water partition coefficient (Wildman–Crippen LogP) is 9.64. The first-order valence-electron chi connectivity index (χ1n) is 16.8. The minimum absolute atomic E-state index is 0.534. The molecule has 8 heteroatoms. The quantitative estimate of drug-likeness (QED) is 0.0611. The molecule has 0 fully saturated rings. The Morgan fingerprint density at radius 2 is 0.538 bits per heavy atom. The Morgan fingerprint density at radius 3 is 0.692 bits per heavy atom. The normalized spacial score (nSPS) is 12.9. The zero-order chi connectivity index (χ0) is 29.3. The van der Waals surface area contributed by atoms with Crippen molar-refractivity contribution in [1.82, 2.24) is 0 Å². The Kier molecular flexibility index (Phi) is 24.9. The van der Waals surface area contributed by atoms with Crippen molar-refractivity contribution in [1.29, 1.82) is 0 Å². The van der Waals surface area contributed by atoms with Gasteiger partial charge in [-0.05, 0) is 51.4 Å². The van der Waals surface area contributed by atoms with Gasteiger partial charge in [-0.15, -0.1) is 0 Å². The molecule has 0 amide bonds. The highest BCUT2D eigenvalue weighted by atomic mass is 28.5. The van der Waals surface area contributed by atoms with Gasteiger partial charge in [-0.25, -0.2) is 0 Å². The molecule has 0 saturated heterocycles. The summed E-state index contributed by atoms with van der Waals surface area (Å²) in [7, 11) is -6.72. The third kappa shape index (κ3) is 12.9. The zero-order valence-corrected chi connectivity index (χ0v) is 29.5. The first-order valence-corrected chi connectivity index (χ1v) is 20.3. The molecule has 0 N–H and O–H groups in total. The fraction of sp³-hybridized carbons (Fsp3) is 1.00. The van der Waals surface area contributed by atoms with Crippen LogP contribution in [0.15, 0.2) is 0 Å². The molecular weight excluding hydrogens is 525 g/mol. The maximum absolute atomic E-state index is 7.05. The Balaban J connectivity index is 7.28. The Labute approximate surface area is 246 Å². The van der Waals surface area contributed by atoms with E-state index < -0.39 is 22.3 Å². The van der Waals surface area contributed by atoms with Crippen LogP contribution in [0.5, 0.6) is 0 Å². The van der Waals surface area contributed by atoms with E-state index >= 15 is 0 Å². The zero-order valence-electron chi connectivity index (χ0n) is 27.5. The van der Waals surface area contributed by atoms with Crippen LogP contribution in [0.1, 0.15) is 158 Å². The smallest absolute Gasteiger partial charge is 0.373 e. The van der Waals surface area contributed by atoms with Crippen LogP contribution < -0.4 is 0 Å². The molecule has 39 heavy (non-hydrogen) atoms. The van der Waals surface area contributed by atoms with Gasteiger partial charge in [0.2, 0.25) is 0 Å². The van der Waals surface area contributed by atoms with E-state index in [9.17, 15) is 0 Å². The van der Waals surface area contributed by atoms with E-state index in [1.807, 2.05) is 0 Å². The van der Waals surface area contributed by atoms with E-state index in [1.54, 1.807) is 0 Å². The van der Waals surface area contributed by atoms with Crippen molar-refractivity contribution in [3.05, 3.63) is 0 Å². The molecule has 0 atom stereocenters. The summed E-state index contributed by atoms with van der Waals surface area (Å²) in [4.78, 5) is 0. The number of hydrogen-bond acceptors (Lipinski definition) is 6. The van der Waals surface area contributed by atoms with Crippen LogP contribution >= 0.6 is 0 Å². The second kappa shape index (κ2) is 24.8. The molecule has 0 aromatic heterocycles. The summed E-state index contributed by atoms with van der Waals surface area (Å²) in [6, 6.07) is 0. The second-order valence-electron chi connectivity index (χ2n) is 10.9. The van der Waals surface area contributed by atoms with E-state index in [-0.39, 0.29) is 0 Å². The summed E-state index contributed by atoms with van der Waals surface area (Å²) in [6.07, 6.45) is 16.0. The molecule has 0 aromatic rings. The van der Waals surface area contributed by atoms with Gasteiger partial charge in [-0.3, -0.25) is 0 Å². The maximum atomic E-state index is 7.05. The molecule has 6 nitrogen and oxygen atoms in total. The highest BCUT2D eigenvalue weighted by Gasteiger charge is 2.76. The van der Waals surface area contributed by atoms with E-state index in [2.05, 4.69) is 55.4 Å². The first-order chi connectivity index (χ1) is 19.0. The fourth-order valence-corrected chi connectivity index (χ4v) is 14.6. The van der Waals surface area contributed by atoms with Crippen molar-refractivity contribution < 1.29 is 26.6 Å². The highest BCUT2D eigenvalue weighted by molar-refractivity contribution is 6.85. The molecule has 0 aliphatic carbocycles. The van der Waals surface area contributed by atoms with Gasteiger partial charge in [0.15, 0.2) is 0 Å². The molecule has 0 unspecified atom stereocenters. The van der Waals surface area contributed by atoms with Crippen molar-refractivity contribution in [3.63, 3.8) is 0 Å². The molecule has 0 saturated carbocycles. The van der Waals surface area contributed by atoms with Crippen LogP contribution in [0.2, 0.25) is 4.66 Å². The standard InChI is InChI=1S/C31H68O6Si2/c1-9-17-25-32-38(33-26-18-10-2,34-27-19-11-3)31(23-15-7,24-16-8)39(35-28-20-12-4,36-29-21-13-5)37-30-22-14-6/h9-30H2,1-8H3. The lowest BCUT2D eigenvalue weighted by Gasteiger charge is -2.52. The summed E-state index contributed by atoms with van der Waals surface area (Å²) in [5.74, 6) is 0. The minimum atomic E-state index is -3.36. The molecule has 0 heterocycles. The van der Waals surface area contributed by atoms with Gasteiger partial charge in [0.25, 0.3) is 0 Å². The summed E-state index contributed by atoms with van der Waals surface area (Å²) in [6.45, 7) is 21.6. The summed E-state index contributed by atoms with van der Waals surface area (Å²) in [5, 5.41) is 0. The van der Waals surface area contributed by atoms with Crippen molar-refractivity contribution >= 4 is 17.6 Å². The van der Waals surface area contributed by atoms with Gasteiger partial charge in [0, 0.05) is 39.6 Å². The topological polar surface area (TPSA) is 55.4 Å². The minimum Gasteiger partial charge on any atom is -0.373 e. The van der Waals surface area contributed by atoms with E-state index in [4.69, 9.17) is 26.6 Å². The maximum Gasteiger partial charge on any atom is 0.512 e. The van der Waals surface area contributed by atoms with Crippen molar-refractivity contribution in [2.45, 2.75) is 163 Å². The lowest BCUT2D eigenvalue weighted by atomic mass is 10.1. The molecule has 0 radical (unpaired) electrons. The third-order valence-electron chi connectivity index (χ3n) is 7.27. The monoisotopic (exact) mass is 592 g/mol. The molecule has 236 valence electrons. The van der Waals surface area contributed by atoms with Gasteiger partial charge >= 0.3 is 17.6 Å². The van der Waals surface area contributed by atoms with E-state index in [0.717, 1.165) is 103 Å². The average Bonchev–Trinajstić information content (AvgIpc) is 2.93. The molecule has 0 spiro atoms. The third-order valence-corrected chi connectivity index (χ3v) is 16.0. The van der Waals surface area contributed by atoms with Crippen LogP contribution in [0, 0.1) is 0 Å². The molecule has 0 aliphatic heterocycles. The van der Waals surface area contributed by atoms with Crippen LogP contribution in [-0.2, 0) is 26.6 Å². The van der Waals surface area contributed by atoms with Crippen LogP contribution in [0.3, 0.4) is 0 Å². The molecule has 0 rings (SSSR count). The number of unbranched alkanes of at least 4 members (excludes halogenated alkanes) is 6. The van der Waals surface area contributed by atoms with Gasteiger partial charge in [0.1, 0.15) is 4.66 Å². The largest absolute Gasteiger partial charge is 0.512 e. The molecular formula is C31H68O6Si2. The summed E-state index contributed by atoms with van der Waals surface area (Å²) >= 11 is 0. The van der Waals surface area contributed by atoms with Gasteiger partial charge in [-0.2, -0.15) is 0 Å².